The van der Waals surface area contributed by atoms with Crippen LogP contribution in [-0.4, -0.2) is 34.3 Å². The maximum atomic E-state index is 11.7. The first-order valence-electron chi connectivity index (χ1n) is 3.77. The van der Waals surface area contributed by atoms with Gasteiger partial charge in [-0.1, -0.05) is 0 Å². The average molecular weight is 450 g/mol. The van der Waals surface area contributed by atoms with Gasteiger partial charge in [0.15, 0.2) is 0 Å². The summed E-state index contributed by atoms with van der Waals surface area (Å²) in [5.41, 5.74) is 0. The summed E-state index contributed by atoms with van der Waals surface area (Å²) < 4.78 is 47.3. The lowest BCUT2D eigenvalue weighted by Gasteiger charge is -2.22. The van der Waals surface area contributed by atoms with E-state index in [4.69, 9.17) is 34.3 Å². The molecule has 128 valence electrons. The Hall–Kier alpha value is 1.55. The van der Waals surface area contributed by atoms with Crippen molar-refractivity contribution >= 4 is 60.5 Å². The van der Waals surface area contributed by atoms with Crippen molar-refractivity contribution in [1.82, 2.24) is 0 Å². The third-order valence-corrected chi connectivity index (χ3v) is 8.63. The van der Waals surface area contributed by atoms with Crippen LogP contribution < -0.4 is 0 Å². The van der Waals surface area contributed by atoms with E-state index in [1.807, 2.05) is 0 Å². The Labute approximate surface area is 126 Å². The first-order chi connectivity index (χ1) is 8.83. The SMILES string of the molecule is O=P(O)(O)OP(=O)(O)OP(=O)(OP(O)(O)=S)OP(O)(O)=S. The maximum absolute atomic E-state index is 11.7. The second-order valence-electron chi connectivity index (χ2n) is 2.71. The van der Waals surface area contributed by atoms with E-state index in [1.54, 1.807) is 0 Å². The minimum absolute atomic E-state index is 3.20. The fraction of sp³-hybridized carbons (Fsp3) is 0. The molecule has 21 heteroatoms. The van der Waals surface area contributed by atoms with Gasteiger partial charge in [-0.3, -0.25) is 0 Å². The van der Waals surface area contributed by atoms with Crippen LogP contribution in [0.4, 0.5) is 0 Å². The zero-order chi connectivity index (χ0) is 17.3. The fourth-order valence-electron chi connectivity index (χ4n) is 0.581. The Morgan fingerprint density at radius 2 is 0.952 bits per heavy atom. The second-order valence-corrected chi connectivity index (χ2v) is 13.0. The molecule has 0 rings (SSSR count). The number of hydrogen-bond acceptors (Lipinski definition) is 9. The summed E-state index contributed by atoms with van der Waals surface area (Å²) in [5.74, 6) is 0. The summed E-state index contributed by atoms with van der Waals surface area (Å²) in [6.45, 7) is -9.85. The van der Waals surface area contributed by atoms with Gasteiger partial charge in [-0.2, -0.15) is 8.62 Å². The van der Waals surface area contributed by atoms with E-state index in [2.05, 4.69) is 40.9 Å². The molecule has 7 N–H and O–H groups in total. The molecule has 0 saturated heterocycles. The van der Waals surface area contributed by atoms with Crippen LogP contribution in [0.1, 0.15) is 0 Å². The summed E-state index contributed by atoms with van der Waals surface area (Å²) >= 11 is 7.68. The van der Waals surface area contributed by atoms with Gasteiger partial charge in [-0.05, 0) is 23.6 Å². The van der Waals surface area contributed by atoms with Gasteiger partial charge in [0, 0.05) is 0 Å². The van der Waals surface area contributed by atoms with Crippen LogP contribution in [0.5, 0.6) is 0 Å². The van der Waals surface area contributed by atoms with Crippen molar-refractivity contribution in [2.75, 3.05) is 0 Å². The highest BCUT2D eigenvalue weighted by Crippen LogP contribution is 2.75. The van der Waals surface area contributed by atoms with Gasteiger partial charge in [-0.25, -0.2) is 22.3 Å². The van der Waals surface area contributed by atoms with E-state index in [9.17, 15) is 13.7 Å². The van der Waals surface area contributed by atoms with Gasteiger partial charge in [-0.15, -0.1) is 0 Å². The van der Waals surface area contributed by atoms with Crippen molar-refractivity contribution < 1.29 is 65.2 Å². The molecule has 0 aromatic heterocycles. The fourth-order valence-corrected chi connectivity index (χ4v) is 7.77. The van der Waals surface area contributed by atoms with Crippen LogP contribution in [-0.2, 0) is 54.6 Å². The number of rotatable bonds is 8. The Bertz CT molecular complexity index is 571. The van der Waals surface area contributed by atoms with E-state index in [0.29, 0.717) is 0 Å². The molecular formula is H7O14P5S2. The zero-order valence-electron chi connectivity index (χ0n) is 9.04. The molecule has 1 atom stereocenters. The summed E-state index contributed by atoms with van der Waals surface area (Å²) in [6, 6.07) is 0. The molecule has 1 unspecified atom stereocenters. The van der Waals surface area contributed by atoms with Crippen molar-refractivity contribution in [3.63, 3.8) is 0 Å². The minimum Gasteiger partial charge on any atom is -0.324 e. The molecule has 0 aliphatic rings. The maximum Gasteiger partial charge on any atom is 0.498 e. The molecule has 0 aliphatic carbocycles. The van der Waals surface area contributed by atoms with Gasteiger partial charge in [0.2, 0.25) is 0 Å². The Morgan fingerprint density at radius 3 is 1.19 bits per heavy atom. The van der Waals surface area contributed by atoms with E-state index >= 15 is 0 Å². The van der Waals surface area contributed by atoms with E-state index < -0.39 is 36.9 Å². The van der Waals surface area contributed by atoms with Crippen LogP contribution in [0, 0.1) is 0 Å². The molecule has 0 amide bonds. The lowest BCUT2D eigenvalue weighted by Crippen LogP contribution is -1.99. The summed E-state index contributed by atoms with van der Waals surface area (Å²) in [4.78, 5) is 60.5. The van der Waals surface area contributed by atoms with E-state index in [0.717, 1.165) is 0 Å². The number of phosphoric acid groups is 3. The third kappa shape index (κ3) is 12.6. The first kappa shape index (κ1) is 22.6. The molecule has 0 aromatic carbocycles. The molecule has 0 radical (unpaired) electrons. The molecule has 0 aromatic rings. The molecule has 14 nitrogen and oxygen atoms in total. The highest BCUT2D eigenvalue weighted by Gasteiger charge is 2.47. The van der Waals surface area contributed by atoms with Gasteiger partial charge < -0.3 is 34.3 Å². The Morgan fingerprint density at radius 1 is 0.619 bits per heavy atom. The van der Waals surface area contributed by atoms with Crippen molar-refractivity contribution in [1.29, 1.82) is 0 Å². The predicted octanol–water partition coefficient (Wildman–Crippen LogP) is -0.228. The van der Waals surface area contributed by atoms with Crippen molar-refractivity contribution in [2.45, 2.75) is 0 Å². The van der Waals surface area contributed by atoms with Crippen molar-refractivity contribution in [2.24, 2.45) is 0 Å². The van der Waals surface area contributed by atoms with Gasteiger partial charge in [0.1, 0.15) is 0 Å². The standard InChI is InChI=1S/H7O14P5S2/c1-15(2,3)11-16(4,5)12-19(10,13-17(6,7)20)14-18(8,9)21/h(H,4,5)(H2,1,2,3)(H2,6,7,20)(H2,8,9,21). The van der Waals surface area contributed by atoms with E-state index in [-0.39, 0.29) is 0 Å². The van der Waals surface area contributed by atoms with Crippen LogP contribution in [0.3, 0.4) is 0 Å². The largest absolute Gasteiger partial charge is 0.498 e. The molecular weight excluding hydrogens is 443 g/mol. The Kier molecular flexibility index (Phi) is 7.73. The van der Waals surface area contributed by atoms with Gasteiger partial charge in [0.05, 0.1) is 0 Å². The highest BCUT2D eigenvalue weighted by atomic mass is 32.5. The molecule has 21 heavy (non-hydrogen) atoms. The molecule has 0 spiro atoms. The second kappa shape index (κ2) is 7.20. The Balaban J connectivity index is 5.49. The highest BCUT2D eigenvalue weighted by molar-refractivity contribution is 8.10. The molecule has 0 saturated carbocycles. The lowest BCUT2D eigenvalue weighted by molar-refractivity contribution is 0.202. The van der Waals surface area contributed by atoms with Gasteiger partial charge in [0.25, 0.3) is 0 Å². The summed E-state index contributed by atoms with van der Waals surface area (Å²) in [5, 5.41) is 0. The molecule has 0 fully saturated rings. The van der Waals surface area contributed by atoms with Crippen LogP contribution in [0.2, 0.25) is 0 Å². The predicted molar refractivity (Wildman–Crippen MR) is 71.3 cm³/mol. The topological polar surface area (TPSA) is 230 Å². The molecule has 0 bridgehead atoms. The summed E-state index contributed by atoms with van der Waals surface area (Å²) in [7, 11) is -17.3. The average Bonchev–Trinajstić information content (AvgIpc) is 1.83. The monoisotopic (exact) mass is 450 g/mol. The smallest absolute Gasteiger partial charge is 0.324 e. The molecule has 0 heterocycles. The van der Waals surface area contributed by atoms with E-state index in [1.165, 1.54) is 0 Å². The summed E-state index contributed by atoms with van der Waals surface area (Å²) in [6.07, 6.45) is 0. The van der Waals surface area contributed by atoms with Crippen molar-refractivity contribution in [3.05, 3.63) is 0 Å². The van der Waals surface area contributed by atoms with Crippen molar-refractivity contribution in [3.8, 4) is 0 Å². The third-order valence-electron chi connectivity index (χ3n) is 0.825. The molecule has 0 aliphatic heterocycles. The number of hydrogen-bond donors (Lipinski definition) is 7. The van der Waals surface area contributed by atoms with Crippen LogP contribution >= 0.6 is 36.9 Å². The van der Waals surface area contributed by atoms with Gasteiger partial charge >= 0.3 is 36.9 Å². The van der Waals surface area contributed by atoms with Crippen LogP contribution in [0.25, 0.3) is 0 Å². The minimum atomic E-state index is -5.89. The quantitative estimate of drug-likeness (QED) is 0.237. The first-order valence-corrected chi connectivity index (χ1v) is 13.5. The lowest BCUT2D eigenvalue weighted by atomic mass is 15.7. The zero-order valence-corrected chi connectivity index (χ0v) is 15.1. The normalized spacial score (nSPS) is 17.5. The van der Waals surface area contributed by atoms with Crippen LogP contribution in [0.15, 0.2) is 0 Å².